The van der Waals surface area contributed by atoms with E-state index in [-0.39, 0.29) is 86.2 Å². The predicted molar refractivity (Wildman–Crippen MR) is 536 cm³/mol. The first kappa shape index (κ1) is 104. The van der Waals surface area contributed by atoms with Gasteiger partial charge in [0, 0.05) is 171 Å². The Kier molecular flexibility index (Phi) is 37.4. The second-order valence-corrected chi connectivity index (χ2v) is 44.1. The van der Waals surface area contributed by atoms with Gasteiger partial charge in [0.25, 0.3) is 5.92 Å². The number of ketones is 1. The Labute approximate surface area is 771 Å². The largest absolute Gasteiger partial charge is 0.372 e. The third-order valence-electron chi connectivity index (χ3n) is 25.9. The van der Waals surface area contributed by atoms with Crippen molar-refractivity contribution in [2.75, 3.05) is 120 Å². The van der Waals surface area contributed by atoms with Crippen LogP contribution >= 0.6 is 11.6 Å². The van der Waals surface area contributed by atoms with Crippen molar-refractivity contribution in [1.82, 2.24) is 4.90 Å². The van der Waals surface area contributed by atoms with Gasteiger partial charge in [-0.1, -0.05) is 243 Å². The molecule has 7 aromatic carbocycles. The van der Waals surface area contributed by atoms with E-state index in [9.17, 15) is 32.8 Å². The van der Waals surface area contributed by atoms with Crippen LogP contribution in [0.1, 0.15) is 313 Å². The molecule has 0 bridgehead atoms. The summed E-state index contributed by atoms with van der Waals surface area (Å²) in [5, 5.41) is 0.678. The van der Waals surface area contributed by atoms with Crippen molar-refractivity contribution >= 4 is 80.8 Å². The van der Waals surface area contributed by atoms with Crippen LogP contribution < -0.4 is 34.3 Å². The molecule has 0 spiro atoms. The second-order valence-electron chi connectivity index (χ2n) is 43.7. The summed E-state index contributed by atoms with van der Waals surface area (Å²) in [6.07, 6.45) is 17.2. The highest BCUT2D eigenvalue weighted by Crippen LogP contribution is 2.38. The van der Waals surface area contributed by atoms with Crippen LogP contribution in [0.5, 0.6) is 0 Å². The highest BCUT2D eigenvalue weighted by molar-refractivity contribution is 6.34. The van der Waals surface area contributed by atoms with Gasteiger partial charge < -0.3 is 39.2 Å². The SMILES string of the molecule is CC(C)(C)c1ccc(N2CCC(F)(F)CC2)cc1.CC(C)(C)c1ccc(N2CCCCC2=O)c(Cl)c1.CC(C)(C)c1ccc(N2CCCCC2=O)cc1.CC(C)(C)c1ccc(N2CCCCC2=O)cc1.CC(C)(C)c1cccc(N2CCCCC2)c1.CCC(=O)C1CCCN(c2ccc(C(C)(C)C)cc2)C1.CN(C)C(=O)C1CCN(c2ccc(C(C)(C)C)cc2)CC1. The molecule has 0 radical (unpaired) electrons. The van der Waals surface area contributed by atoms with Gasteiger partial charge in [0.15, 0.2) is 0 Å². The Morgan fingerprint density at radius 2 is 0.669 bits per heavy atom. The van der Waals surface area contributed by atoms with Gasteiger partial charge in [-0.2, -0.15) is 0 Å². The molecule has 7 aromatic rings. The molecule has 14 rings (SSSR count). The maximum atomic E-state index is 13.1. The van der Waals surface area contributed by atoms with E-state index in [1.54, 1.807) is 4.90 Å². The molecule has 0 aromatic heterocycles. The first-order valence-corrected chi connectivity index (χ1v) is 48.3. The van der Waals surface area contributed by atoms with Crippen LogP contribution in [0.4, 0.5) is 48.6 Å². The highest BCUT2D eigenvalue weighted by Gasteiger charge is 2.35. The first-order chi connectivity index (χ1) is 59.4. The summed E-state index contributed by atoms with van der Waals surface area (Å²) in [7, 11) is 3.69. The maximum absolute atomic E-state index is 13.1. The van der Waals surface area contributed by atoms with E-state index in [0.29, 0.717) is 49.6 Å². The van der Waals surface area contributed by atoms with E-state index in [2.05, 4.69) is 300 Å². The summed E-state index contributed by atoms with van der Waals surface area (Å²) in [4.78, 5) is 76.1. The second kappa shape index (κ2) is 45.8. The summed E-state index contributed by atoms with van der Waals surface area (Å²) in [5.41, 5.74) is 18.4. The number of carbonyl (C=O) groups is 5. The van der Waals surface area contributed by atoms with Crippen molar-refractivity contribution < 1.29 is 32.8 Å². The summed E-state index contributed by atoms with van der Waals surface area (Å²) < 4.78 is 26.2. The number of halogens is 3. The number of Topliss-reactive ketones (excluding diaryl/α,β-unsaturated/α-hetero) is 1. The molecule has 127 heavy (non-hydrogen) atoms. The minimum atomic E-state index is -2.47. The zero-order valence-electron chi connectivity index (χ0n) is 82.7. The molecule has 16 heteroatoms. The van der Waals surface area contributed by atoms with Gasteiger partial charge in [-0.3, -0.25) is 24.0 Å². The normalized spacial score (nSPS) is 18.1. The Balaban J connectivity index is 0.000000184. The van der Waals surface area contributed by atoms with Crippen molar-refractivity contribution in [1.29, 1.82) is 0 Å². The first-order valence-electron chi connectivity index (χ1n) is 47.9. The molecule has 7 aliphatic heterocycles. The van der Waals surface area contributed by atoms with Crippen molar-refractivity contribution in [3.8, 4) is 0 Å². The van der Waals surface area contributed by atoms with Crippen LogP contribution in [-0.4, -0.2) is 126 Å². The number of amides is 4. The third kappa shape index (κ3) is 31.9. The molecule has 7 saturated heterocycles. The number of rotatable bonds is 10. The van der Waals surface area contributed by atoms with Crippen LogP contribution in [0.25, 0.3) is 0 Å². The van der Waals surface area contributed by atoms with Crippen molar-refractivity contribution in [2.24, 2.45) is 11.8 Å². The zero-order chi connectivity index (χ0) is 93.6. The molecule has 1 unspecified atom stereocenters. The number of nitrogens with zero attached hydrogens (tertiary/aromatic N) is 8. The molecular formula is C111H161ClF2N8O5. The van der Waals surface area contributed by atoms with Crippen LogP contribution in [0, 0.1) is 11.8 Å². The maximum Gasteiger partial charge on any atom is 0.251 e. The third-order valence-corrected chi connectivity index (χ3v) is 26.2. The Morgan fingerprint density at radius 3 is 1.02 bits per heavy atom. The molecule has 7 heterocycles. The summed E-state index contributed by atoms with van der Waals surface area (Å²) in [6.45, 7) is 58.2. The molecular weight excluding hydrogens is 1600 g/mol. The number of benzene rings is 7. The monoisotopic (exact) mass is 1760 g/mol. The minimum absolute atomic E-state index is 0.0337. The fraction of sp³-hybridized carbons (Fsp3) is 0.577. The standard InChI is InChI=1S/C18H28N2O.C18H27NO.C15H20ClNO.C15H21F2N.2C15H21NO.C15H23N/c1-18(2,3)15-6-8-16(9-7-15)20-12-10-14(11-13-20)17(21)19(4)5;1-5-17(20)14-7-6-12-19(13-14)16-10-8-15(9-11-16)18(2,3)4;1-15(2,3)11-7-8-13(12(16)10-11)17-9-5-4-6-14(17)18;1-14(2,3)12-4-6-13(7-5-12)18-10-8-15(16,17)9-11-18;2*1-15(2,3)12-7-9-13(10-8-12)16-11-5-4-6-14(16)17;1-15(2,3)13-8-7-9-14(12-13)16-10-5-4-6-11-16/h6-9,14H,10-13H2,1-5H3;8-11,14H,5-7,12-13H2,1-4H3;7-8,10H,4-6,9H2,1-3H3;4-7H,8-11H2,1-3H3;2*7-10H,4-6,11H2,1-3H3;7-9,12H,4-6,10-11H2,1-3H3. The zero-order valence-corrected chi connectivity index (χ0v) is 83.5. The van der Waals surface area contributed by atoms with Crippen LogP contribution in [0.15, 0.2) is 164 Å². The van der Waals surface area contributed by atoms with Gasteiger partial charge >= 0.3 is 0 Å². The average molecular weight is 1760 g/mol. The number of anilines is 7. The fourth-order valence-corrected chi connectivity index (χ4v) is 17.4. The number of hydrogen-bond acceptors (Lipinski definition) is 9. The van der Waals surface area contributed by atoms with Crippen LogP contribution in [-0.2, 0) is 61.9 Å². The van der Waals surface area contributed by atoms with E-state index in [1.807, 2.05) is 64.9 Å². The van der Waals surface area contributed by atoms with Gasteiger partial charge in [-0.15, -0.1) is 0 Å². The molecule has 4 amide bonds. The molecule has 0 N–H and O–H groups in total. The van der Waals surface area contributed by atoms with E-state index in [0.717, 1.165) is 133 Å². The van der Waals surface area contributed by atoms with Crippen LogP contribution in [0.3, 0.4) is 0 Å². The predicted octanol–water partition coefficient (Wildman–Crippen LogP) is 26.8. The Hall–Kier alpha value is -8.56. The molecule has 0 aliphatic carbocycles. The molecule has 13 nitrogen and oxygen atoms in total. The van der Waals surface area contributed by atoms with Crippen LogP contribution in [0.2, 0.25) is 5.02 Å². The lowest BCUT2D eigenvalue weighted by Gasteiger charge is -2.34. The lowest BCUT2D eigenvalue weighted by atomic mass is 9.87. The van der Waals surface area contributed by atoms with Crippen molar-refractivity contribution in [3.05, 3.63) is 208 Å². The molecule has 1 atom stereocenters. The summed E-state index contributed by atoms with van der Waals surface area (Å²) >= 11 is 6.34. The van der Waals surface area contributed by atoms with Gasteiger partial charge in [-0.05, 0) is 245 Å². The number of hydrogen-bond donors (Lipinski definition) is 0. The minimum Gasteiger partial charge on any atom is -0.372 e. The number of alkyl halides is 2. The van der Waals surface area contributed by atoms with E-state index in [4.69, 9.17) is 11.6 Å². The van der Waals surface area contributed by atoms with Crippen molar-refractivity contribution in [2.45, 2.75) is 318 Å². The summed E-state index contributed by atoms with van der Waals surface area (Å²) in [6, 6.07) is 58.0. The lowest BCUT2D eigenvalue weighted by Crippen LogP contribution is -2.40. The van der Waals surface area contributed by atoms with Gasteiger partial charge in [-0.25, -0.2) is 8.78 Å². The van der Waals surface area contributed by atoms with Crippen molar-refractivity contribution in [3.63, 3.8) is 0 Å². The van der Waals surface area contributed by atoms with Gasteiger partial charge in [0.1, 0.15) is 5.78 Å². The Bertz CT molecular complexity index is 4500. The van der Waals surface area contributed by atoms with E-state index < -0.39 is 5.92 Å². The number of piperidine rings is 7. The van der Waals surface area contributed by atoms with Gasteiger partial charge in [0.05, 0.1) is 10.7 Å². The summed E-state index contributed by atoms with van der Waals surface area (Å²) in [5.74, 6) is -0.631. The average Bonchev–Trinajstić information content (AvgIpc) is 0.828. The highest BCUT2D eigenvalue weighted by atomic mass is 35.5. The molecule has 7 aliphatic rings. The molecule has 0 saturated carbocycles. The Morgan fingerprint density at radius 1 is 0.346 bits per heavy atom. The molecule has 7 fully saturated rings. The topological polar surface area (TPSA) is 111 Å². The van der Waals surface area contributed by atoms with E-state index in [1.165, 1.54) is 88.4 Å². The fourth-order valence-electron chi connectivity index (χ4n) is 17.1. The molecule has 696 valence electrons. The quantitative estimate of drug-likeness (QED) is 0.132. The lowest BCUT2D eigenvalue weighted by molar-refractivity contribution is -0.133. The smallest absolute Gasteiger partial charge is 0.251 e. The van der Waals surface area contributed by atoms with E-state index >= 15 is 0 Å². The number of carbonyl (C=O) groups excluding carboxylic acids is 5. The van der Waals surface area contributed by atoms with Gasteiger partial charge in [0.2, 0.25) is 23.6 Å².